The molecule has 16 heteroatoms. The predicted octanol–water partition coefficient (Wildman–Crippen LogP) is 1.43. The molecule has 1 aromatic carbocycles. The monoisotopic (exact) mass is 615 g/mol. The molecule has 3 amide bonds. The maximum absolute atomic E-state index is 13.3. The fourth-order valence-electron chi connectivity index (χ4n) is 4.92. The minimum atomic E-state index is -0.648. The lowest BCUT2D eigenvalue weighted by atomic mass is 10.1. The number of aryl methyl sites for hydroxylation is 2. The Morgan fingerprint density at radius 1 is 0.978 bits per heavy atom. The second-order valence-electron chi connectivity index (χ2n) is 9.96. The van der Waals surface area contributed by atoms with E-state index in [9.17, 15) is 19.5 Å². The van der Waals surface area contributed by atoms with Gasteiger partial charge in [-0.2, -0.15) is 5.10 Å². The van der Waals surface area contributed by atoms with Crippen LogP contribution in [0.15, 0.2) is 42.6 Å². The highest BCUT2D eigenvalue weighted by Crippen LogP contribution is 2.31. The Labute approximate surface area is 256 Å². The van der Waals surface area contributed by atoms with Gasteiger partial charge in [0.25, 0.3) is 5.91 Å². The van der Waals surface area contributed by atoms with Gasteiger partial charge in [0.05, 0.1) is 23.4 Å². The van der Waals surface area contributed by atoms with Crippen molar-refractivity contribution in [2.75, 3.05) is 30.9 Å². The highest BCUT2D eigenvalue weighted by atomic mass is 16.5. The number of imidazole rings is 2. The Kier molecular flexibility index (Phi) is 8.76. The van der Waals surface area contributed by atoms with E-state index < -0.39 is 17.7 Å². The molecule has 16 nitrogen and oxygen atoms in total. The number of benzene rings is 1. The summed E-state index contributed by atoms with van der Waals surface area (Å²) in [5.74, 6) is -0.605. The molecular formula is C29H33N11O5. The first-order valence-corrected chi connectivity index (χ1v) is 14.1. The van der Waals surface area contributed by atoms with Gasteiger partial charge in [0.2, 0.25) is 23.7 Å². The van der Waals surface area contributed by atoms with E-state index in [1.807, 2.05) is 23.6 Å². The molecule has 234 valence electrons. The minimum Gasteiger partial charge on any atom is -0.489 e. The molecule has 7 N–H and O–H groups in total. The van der Waals surface area contributed by atoms with Crippen LogP contribution >= 0.6 is 0 Å². The summed E-state index contributed by atoms with van der Waals surface area (Å²) in [6.45, 7) is 4.58. The molecule has 0 radical (unpaired) electrons. The van der Waals surface area contributed by atoms with Gasteiger partial charge in [-0.3, -0.25) is 28.9 Å². The summed E-state index contributed by atoms with van der Waals surface area (Å²) in [5, 5.41) is 19.6. The quantitative estimate of drug-likeness (QED) is 0.120. The van der Waals surface area contributed by atoms with Crippen molar-refractivity contribution in [3.8, 4) is 5.75 Å². The van der Waals surface area contributed by atoms with Gasteiger partial charge < -0.3 is 31.2 Å². The number of ether oxygens (including phenoxy) is 1. The van der Waals surface area contributed by atoms with E-state index in [1.54, 1.807) is 35.4 Å². The number of amides is 3. The third-order valence-corrected chi connectivity index (χ3v) is 6.94. The molecule has 0 bridgehead atoms. The van der Waals surface area contributed by atoms with Crippen LogP contribution in [0, 0.1) is 6.92 Å². The van der Waals surface area contributed by atoms with Crippen molar-refractivity contribution in [1.82, 2.24) is 33.9 Å². The number of fused-ring (bicyclic) bond motifs is 2. The zero-order chi connectivity index (χ0) is 32.2. The molecule has 4 aromatic heterocycles. The van der Waals surface area contributed by atoms with Crippen molar-refractivity contribution in [3.05, 3.63) is 65.1 Å². The number of hydrogen-bond donors (Lipinski definition) is 5. The third-order valence-electron chi connectivity index (χ3n) is 6.94. The summed E-state index contributed by atoms with van der Waals surface area (Å²) >= 11 is 0. The number of rotatable bonds is 13. The van der Waals surface area contributed by atoms with Gasteiger partial charge >= 0.3 is 0 Å². The molecule has 0 saturated carbocycles. The number of aliphatic hydroxyl groups is 1. The van der Waals surface area contributed by atoms with E-state index >= 15 is 0 Å². The number of anilines is 2. The summed E-state index contributed by atoms with van der Waals surface area (Å²) in [7, 11) is 1.72. The lowest BCUT2D eigenvalue weighted by Gasteiger charge is -2.11. The first kappa shape index (κ1) is 30.7. The van der Waals surface area contributed by atoms with Crippen LogP contribution in [0.5, 0.6) is 5.75 Å². The molecule has 0 spiro atoms. The van der Waals surface area contributed by atoms with E-state index in [0.29, 0.717) is 58.4 Å². The highest BCUT2D eigenvalue weighted by molar-refractivity contribution is 6.03. The average Bonchev–Trinajstić information content (AvgIpc) is 3.69. The summed E-state index contributed by atoms with van der Waals surface area (Å²) < 4.78 is 10.9. The van der Waals surface area contributed by atoms with Crippen molar-refractivity contribution in [2.45, 2.75) is 33.5 Å². The lowest BCUT2D eigenvalue weighted by molar-refractivity contribution is 0.0991. The largest absolute Gasteiger partial charge is 0.489 e. The Morgan fingerprint density at radius 2 is 1.67 bits per heavy atom. The smallest absolute Gasteiger partial charge is 0.276 e. The van der Waals surface area contributed by atoms with Crippen LogP contribution in [0.2, 0.25) is 0 Å². The van der Waals surface area contributed by atoms with Crippen molar-refractivity contribution in [2.24, 2.45) is 11.5 Å². The van der Waals surface area contributed by atoms with Gasteiger partial charge in [-0.25, -0.2) is 15.0 Å². The second-order valence-corrected chi connectivity index (χ2v) is 9.96. The lowest BCUT2D eigenvalue weighted by Crippen LogP contribution is -2.20. The Morgan fingerprint density at radius 3 is 2.33 bits per heavy atom. The van der Waals surface area contributed by atoms with E-state index in [4.69, 9.17) is 16.2 Å². The second kappa shape index (κ2) is 12.8. The molecule has 0 aliphatic carbocycles. The minimum absolute atomic E-state index is 0.0124. The van der Waals surface area contributed by atoms with Gasteiger partial charge in [0, 0.05) is 38.4 Å². The summed E-state index contributed by atoms with van der Waals surface area (Å²) in [4.78, 5) is 50.4. The van der Waals surface area contributed by atoms with Crippen molar-refractivity contribution >= 4 is 51.8 Å². The van der Waals surface area contributed by atoms with Crippen molar-refractivity contribution in [3.63, 3.8) is 0 Å². The van der Waals surface area contributed by atoms with Crippen LogP contribution in [-0.2, 0) is 19.6 Å². The highest BCUT2D eigenvalue weighted by Gasteiger charge is 2.20. The van der Waals surface area contributed by atoms with Gasteiger partial charge in [-0.05, 0) is 38.1 Å². The fraction of sp³-hybridized carbons (Fsp3) is 0.276. The SMILES string of the molecule is CCn1nc(C)cc1C(=O)Nc1nc2cc(C(N)=O)cnc2n1C/C=C/Cn1c(NC)nc2cc(C(N)=O)cc(OCCO)c21. The van der Waals surface area contributed by atoms with Crippen LogP contribution in [0.4, 0.5) is 11.9 Å². The number of allylic oxidation sites excluding steroid dienone is 2. The molecule has 0 aliphatic heterocycles. The number of nitrogens with zero attached hydrogens (tertiary/aromatic N) is 7. The molecule has 5 aromatic rings. The standard InChI is InChI=1S/C29H33N11O5/c1-4-40-21(11-16(2)37-40)27(44)36-29-35-20-13-18(25(31)43)15-33-26(20)39(29)8-6-5-7-38-23-19(34-28(38)32-3)12-17(24(30)42)14-22(23)45-10-9-41/h5-6,11-15,41H,4,7-10H2,1-3H3,(H2,30,42)(H2,31,43)(H,32,34)(H,35,36,44)/b6-5+. The average molecular weight is 616 g/mol. The number of nitrogens with two attached hydrogens (primary N) is 2. The molecule has 4 heterocycles. The van der Waals surface area contributed by atoms with Crippen LogP contribution in [0.1, 0.15) is 43.8 Å². The first-order valence-electron chi connectivity index (χ1n) is 14.1. The number of primary amides is 2. The van der Waals surface area contributed by atoms with Gasteiger partial charge in [-0.15, -0.1) is 0 Å². The number of aromatic nitrogens is 7. The molecular weight excluding hydrogens is 582 g/mol. The van der Waals surface area contributed by atoms with Crippen LogP contribution in [-0.4, -0.2) is 77.0 Å². The topological polar surface area (TPSA) is 223 Å². The number of pyridine rings is 1. The predicted molar refractivity (Wildman–Crippen MR) is 166 cm³/mol. The van der Waals surface area contributed by atoms with E-state index in [-0.39, 0.29) is 36.8 Å². The first-order chi connectivity index (χ1) is 21.6. The third kappa shape index (κ3) is 6.16. The molecule has 0 atom stereocenters. The fourth-order valence-corrected chi connectivity index (χ4v) is 4.92. The molecule has 0 unspecified atom stereocenters. The summed E-state index contributed by atoms with van der Waals surface area (Å²) in [6.07, 6.45) is 5.10. The Balaban J connectivity index is 1.48. The van der Waals surface area contributed by atoms with Crippen molar-refractivity contribution < 1.29 is 24.2 Å². The van der Waals surface area contributed by atoms with E-state index in [0.717, 1.165) is 0 Å². The summed E-state index contributed by atoms with van der Waals surface area (Å²) in [6, 6.07) is 6.31. The van der Waals surface area contributed by atoms with Crippen LogP contribution in [0.3, 0.4) is 0 Å². The van der Waals surface area contributed by atoms with E-state index in [1.165, 1.54) is 18.3 Å². The maximum atomic E-state index is 13.3. The number of nitrogens with one attached hydrogen (secondary N) is 2. The zero-order valence-electron chi connectivity index (χ0n) is 24.9. The molecule has 0 fully saturated rings. The molecule has 0 aliphatic rings. The Bertz CT molecular complexity index is 1950. The van der Waals surface area contributed by atoms with Crippen LogP contribution in [0.25, 0.3) is 22.2 Å². The normalized spacial score (nSPS) is 11.5. The number of aliphatic hydroxyl groups excluding tert-OH is 1. The molecule has 5 rings (SSSR count). The number of hydrogen-bond acceptors (Lipinski definition) is 10. The van der Waals surface area contributed by atoms with Gasteiger partial charge in [0.1, 0.15) is 29.1 Å². The summed E-state index contributed by atoms with van der Waals surface area (Å²) in [5.41, 5.74) is 14.3. The van der Waals surface area contributed by atoms with Gasteiger partial charge in [-0.1, -0.05) is 12.2 Å². The van der Waals surface area contributed by atoms with E-state index in [2.05, 4.69) is 30.7 Å². The molecule has 0 saturated heterocycles. The Hall–Kier alpha value is -5.77. The zero-order valence-corrected chi connectivity index (χ0v) is 24.9. The van der Waals surface area contributed by atoms with Gasteiger partial charge in [0.15, 0.2) is 5.65 Å². The number of carbonyl (C=O) groups excluding carboxylic acids is 3. The number of carbonyl (C=O) groups is 3. The van der Waals surface area contributed by atoms with Crippen LogP contribution < -0.4 is 26.8 Å². The maximum Gasteiger partial charge on any atom is 0.276 e. The molecule has 45 heavy (non-hydrogen) atoms. The van der Waals surface area contributed by atoms with Crippen molar-refractivity contribution in [1.29, 1.82) is 0 Å².